The molecule has 0 aliphatic carbocycles. The second-order valence-corrected chi connectivity index (χ2v) is 2.44. The molecule has 1 aromatic heterocycles. The first kappa shape index (κ1) is 7.09. The standard InChI is InChI=1S/C8H9N4/c1-2-7(6-9-3-1)12-8-10-4-5-11-8/h1-3H,4-5H2,(H2,10,11,12). The fourth-order valence-electron chi connectivity index (χ4n) is 1.01. The minimum Gasteiger partial charge on any atom is -0.354 e. The molecule has 0 aromatic carbocycles. The zero-order chi connectivity index (χ0) is 8.23. The predicted molar refractivity (Wildman–Crippen MR) is 47.0 cm³/mol. The first-order valence-electron chi connectivity index (χ1n) is 3.83. The molecule has 61 valence electrons. The molecule has 1 aromatic rings. The number of anilines is 1. The number of rotatable bonds is 1. The van der Waals surface area contributed by atoms with Gasteiger partial charge >= 0.3 is 0 Å². The molecule has 0 atom stereocenters. The van der Waals surface area contributed by atoms with Gasteiger partial charge in [-0.2, -0.15) is 0 Å². The molecule has 0 saturated carbocycles. The van der Waals surface area contributed by atoms with E-state index in [0.29, 0.717) is 0 Å². The number of hydrogen-bond acceptors (Lipinski definition) is 4. The summed E-state index contributed by atoms with van der Waals surface area (Å²) in [5.74, 6) is 0.805. The topological polar surface area (TPSA) is 49.3 Å². The van der Waals surface area contributed by atoms with Crippen molar-refractivity contribution >= 4 is 11.6 Å². The minimum atomic E-state index is 0.805. The largest absolute Gasteiger partial charge is 0.354 e. The Kier molecular flexibility index (Phi) is 1.90. The predicted octanol–water partition coefficient (Wildman–Crippen LogP) is 0.253. The van der Waals surface area contributed by atoms with Crippen LogP contribution in [0.4, 0.5) is 5.69 Å². The van der Waals surface area contributed by atoms with Gasteiger partial charge in [0.05, 0.1) is 12.2 Å². The maximum atomic E-state index is 4.18. The number of guanidine groups is 1. The highest BCUT2D eigenvalue weighted by atomic mass is 15.2. The van der Waals surface area contributed by atoms with Gasteiger partial charge in [0.15, 0.2) is 5.96 Å². The normalized spacial score (nSPS) is 15.2. The van der Waals surface area contributed by atoms with E-state index in [9.17, 15) is 0 Å². The molecule has 0 bridgehead atoms. The Hall–Kier alpha value is -1.58. The summed E-state index contributed by atoms with van der Waals surface area (Å²) in [7, 11) is 0. The highest BCUT2D eigenvalue weighted by Crippen LogP contribution is 2.01. The van der Waals surface area contributed by atoms with Gasteiger partial charge in [0.1, 0.15) is 6.20 Å². The fourth-order valence-corrected chi connectivity index (χ4v) is 1.01. The number of nitrogens with one attached hydrogen (secondary N) is 2. The molecule has 0 unspecified atom stereocenters. The second kappa shape index (κ2) is 3.21. The smallest absolute Gasteiger partial charge is 0.195 e. The molecule has 0 fully saturated rings. The number of nitrogens with zero attached hydrogens (tertiary/aromatic N) is 2. The van der Waals surface area contributed by atoms with Crippen molar-refractivity contribution in [2.24, 2.45) is 4.99 Å². The summed E-state index contributed by atoms with van der Waals surface area (Å²) in [6, 6.07) is 3.75. The van der Waals surface area contributed by atoms with Crippen LogP contribution in [0.1, 0.15) is 0 Å². The van der Waals surface area contributed by atoms with Crippen LogP contribution in [-0.2, 0) is 0 Å². The monoisotopic (exact) mass is 161 g/mol. The van der Waals surface area contributed by atoms with E-state index in [1.54, 1.807) is 6.20 Å². The fraction of sp³-hybridized carbons (Fsp3) is 0.250. The van der Waals surface area contributed by atoms with E-state index < -0.39 is 0 Å². The highest BCUT2D eigenvalue weighted by Gasteiger charge is 2.03. The van der Waals surface area contributed by atoms with Crippen molar-refractivity contribution in [3.8, 4) is 0 Å². The van der Waals surface area contributed by atoms with Gasteiger partial charge in [0, 0.05) is 12.7 Å². The first-order valence-corrected chi connectivity index (χ1v) is 3.83. The average molecular weight is 161 g/mol. The number of pyridine rings is 1. The van der Waals surface area contributed by atoms with Gasteiger partial charge in [0.25, 0.3) is 0 Å². The zero-order valence-electron chi connectivity index (χ0n) is 6.54. The van der Waals surface area contributed by atoms with Crippen molar-refractivity contribution in [2.75, 3.05) is 18.4 Å². The lowest BCUT2D eigenvalue weighted by Gasteiger charge is -2.03. The minimum absolute atomic E-state index is 0.805. The van der Waals surface area contributed by atoms with Crippen molar-refractivity contribution in [2.45, 2.75) is 0 Å². The van der Waals surface area contributed by atoms with Gasteiger partial charge in [-0.25, -0.2) is 0 Å². The molecule has 1 aliphatic heterocycles. The summed E-state index contributed by atoms with van der Waals surface area (Å²) in [5, 5.41) is 6.16. The second-order valence-electron chi connectivity index (χ2n) is 2.44. The number of aromatic nitrogens is 1. The van der Waals surface area contributed by atoms with Crippen molar-refractivity contribution in [1.29, 1.82) is 0 Å². The maximum absolute atomic E-state index is 4.18. The number of hydrogen-bond donors (Lipinski definition) is 2. The van der Waals surface area contributed by atoms with Crippen molar-refractivity contribution in [3.63, 3.8) is 0 Å². The molecule has 1 aliphatic rings. The van der Waals surface area contributed by atoms with Crippen LogP contribution in [0.25, 0.3) is 0 Å². The van der Waals surface area contributed by atoms with Crippen LogP contribution in [0.2, 0.25) is 0 Å². The van der Waals surface area contributed by atoms with E-state index in [-0.39, 0.29) is 0 Å². The van der Waals surface area contributed by atoms with E-state index >= 15 is 0 Å². The third-order valence-electron chi connectivity index (χ3n) is 1.54. The first-order chi connectivity index (χ1) is 5.95. The molecule has 2 heterocycles. The van der Waals surface area contributed by atoms with Gasteiger partial charge in [-0.3, -0.25) is 9.98 Å². The summed E-state index contributed by atoms with van der Waals surface area (Å²) in [6.45, 7) is 1.74. The Balaban J connectivity index is 2.04. The molecule has 0 spiro atoms. The van der Waals surface area contributed by atoms with Crippen LogP contribution in [0, 0.1) is 6.20 Å². The van der Waals surface area contributed by atoms with E-state index in [1.165, 1.54) is 0 Å². The Labute approximate surface area is 70.7 Å². The van der Waals surface area contributed by atoms with Crippen molar-refractivity contribution < 1.29 is 0 Å². The van der Waals surface area contributed by atoms with Crippen molar-refractivity contribution in [1.82, 2.24) is 10.3 Å². The molecule has 4 nitrogen and oxygen atoms in total. The molecule has 2 N–H and O–H groups in total. The third kappa shape index (κ3) is 1.53. The maximum Gasteiger partial charge on any atom is 0.195 e. The average Bonchev–Trinajstić information content (AvgIpc) is 2.59. The lowest BCUT2D eigenvalue weighted by Crippen LogP contribution is -2.26. The lowest BCUT2D eigenvalue weighted by molar-refractivity contribution is 0.959. The molecule has 2 rings (SSSR count). The SMILES string of the molecule is [c]1ncccc1NC1=NCCN1. The van der Waals surface area contributed by atoms with Gasteiger partial charge in [-0.15, -0.1) is 0 Å². The lowest BCUT2D eigenvalue weighted by atomic mass is 10.4. The molecular weight excluding hydrogens is 152 g/mol. The van der Waals surface area contributed by atoms with Gasteiger partial charge in [-0.1, -0.05) is 0 Å². The highest BCUT2D eigenvalue weighted by molar-refractivity contribution is 5.94. The molecule has 4 heteroatoms. The molecular formula is C8H9N4. The Bertz CT molecular complexity index is 280. The third-order valence-corrected chi connectivity index (χ3v) is 1.54. The Morgan fingerprint density at radius 1 is 1.58 bits per heavy atom. The summed E-state index contributed by atoms with van der Waals surface area (Å²) in [4.78, 5) is 8.03. The van der Waals surface area contributed by atoms with E-state index in [0.717, 1.165) is 24.7 Å². The molecule has 1 radical (unpaired) electrons. The summed E-state index contributed by atoms with van der Waals surface area (Å²) in [5.41, 5.74) is 0.839. The van der Waals surface area contributed by atoms with E-state index in [1.807, 2.05) is 12.1 Å². The van der Waals surface area contributed by atoms with Gasteiger partial charge in [0.2, 0.25) is 0 Å². The van der Waals surface area contributed by atoms with Crippen LogP contribution in [0.3, 0.4) is 0 Å². The van der Waals surface area contributed by atoms with Crippen LogP contribution in [0.15, 0.2) is 23.3 Å². The van der Waals surface area contributed by atoms with Gasteiger partial charge < -0.3 is 10.6 Å². The Morgan fingerprint density at radius 2 is 2.58 bits per heavy atom. The number of aliphatic imine (C=N–C) groups is 1. The van der Waals surface area contributed by atoms with Crippen molar-refractivity contribution in [3.05, 3.63) is 24.5 Å². The zero-order valence-corrected chi connectivity index (χ0v) is 6.54. The summed E-state index contributed by atoms with van der Waals surface area (Å²) >= 11 is 0. The molecule has 0 amide bonds. The van der Waals surface area contributed by atoms with E-state index in [2.05, 4.69) is 26.8 Å². The van der Waals surface area contributed by atoms with E-state index in [4.69, 9.17) is 0 Å². The molecule has 0 saturated heterocycles. The van der Waals surface area contributed by atoms with Crippen LogP contribution < -0.4 is 10.6 Å². The van der Waals surface area contributed by atoms with Crippen LogP contribution in [-0.4, -0.2) is 24.0 Å². The summed E-state index contributed by atoms with van der Waals surface area (Å²) in [6.07, 6.45) is 4.50. The Morgan fingerprint density at radius 3 is 3.25 bits per heavy atom. The summed E-state index contributed by atoms with van der Waals surface area (Å²) < 4.78 is 0. The van der Waals surface area contributed by atoms with Crippen LogP contribution >= 0.6 is 0 Å². The quantitative estimate of drug-likeness (QED) is 0.621. The molecule has 12 heavy (non-hydrogen) atoms. The van der Waals surface area contributed by atoms with Gasteiger partial charge in [-0.05, 0) is 12.1 Å². The van der Waals surface area contributed by atoms with Crippen LogP contribution in [0.5, 0.6) is 0 Å².